The third kappa shape index (κ3) is 1.64. The number of hydrogen-bond acceptors (Lipinski definition) is 1. The SMILES string of the molecule is [2H]C([2H])([2H])c1ccc(-n2c3nc4ccccc4n3c(C([2H])([2H])[2H])[n+]2C)c(C)c1. The van der Waals surface area contributed by atoms with Crippen LogP contribution in [0.1, 0.15) is 25.2 Å². The molecule has 2 heterocycles. The van der Waals surface area contributed by atoms with Crippen molar-refractivity contribution in [1.82, 2.24) is 14.1 Å². The smallest absolute Gasteiger partial charge is 0.185 e. The molecular weight excluding hydrogens is 272 g/mol. The number of aromatic nitrogens is 4. The summed E-state index contributed by atoms with van der Waals surface area (Å²) in [5.41, 5.74) is 3.02. The largest absolute Gasteiger partial charge is 0.344 e. The first-order chi connectivity index (χ1) is 13.0. The van der Waals surface area contributed by atoms with E-state index >= 15 is 0 Å². The Morgan fingerprint density at radius 3 is 2.77 bits per heavy atom. The molecule has 2 aromatic heterocycles. The molecule has 0 aliphatic heterocycles. The second-order valence-corrected chi connectivity index (χ2v) is 5.40. The summed E-state index contributed by atoms with van der Waals surface area (Å²) in [7, 11) is 1.67. The summed E-state index contributed by atoms with van der Waals surface area (Å²) in [6.07, 6.45) is 0. The minimum Gasteiger partial charge on any atom is -0.185 e. The topological polar surface area (TPSA) is 26.1 Å². The molecule has 0 aliphatic rings. The predicted molar refractivity (Wildman–Crippen MR) is 87.4 cm³/mol. The summed E-state index contributed by atoms with van der Waals surface area (Å²) in [6, 6.07) is 12.2. The van der Waals surface area contributed by atoms with Crippen LogP contribution in [-0.4, -0.2) is 14.1 Å². The van der Waals surface area contributed by atoms with Crippen LogP contribution in [0.5, 0.6) is 0 Å². The number of imidazole rings is 1. The van der Waals surface area contributed by atoms with Crippen LogP contribution in [0.25, 0.3) is 22.5 Å². The fraction of sp³-hybridized carbons (Fsp3) is 0.222. The maximum atomic E-state index is 8.03. The zero-order valence-electron chi connectivity index (χ0n) is 18.3. The molecule has 0 spiro atoms. The molecule has 4 rings (SSSR count). The molecule has 110 valence electrons. The second kappa shape index (κ2) is 4.44. The highest BCUT2D eigenvalue weighted by molar-refractivity contribution is 5.79. The predicted octanol–water partition coefficient (Wildman–Crippen LogP) is 3.03. The van der Waals surface area contributed by atoms with E-state index in [1.807, 2.05) is 24.3 Å². The van der Waals surface area contributed by atoms with Crippen molar-refractivity contribution in [2.75, 3.05) is 0 Å². The number of rotatable bonds is 1. The minimum absolute atomic E-state index is 0.121. The van der Waals surface area contributed by atoms with Gasteiger partial charge in [-0.05, 0) is 37.5 Å². The van der Waals surface area contributed by atoms with Gasteiger partial charge in [0.1, 0.15) is 12.6 Å². The highest BCUT2D eigenvalue weighted by Gasteiger charge is 2.25. The Morgan fingerprint density at radius 2 is 2.00 bits per heavy atom. The Labute approximate surface area is 137 Å². The van der Waals surface area contributed by atoms with Gasteiger partial charge in [-0.1, -0.05) is 29.8 Å². The van der Waals surface area contributed by atoms with Gasteiger partial charge in [-0.2, -0.15) is 14.1 Å². The molecule has 0 saturated carbocycles. The van der Waals surface area contributed by atoms with E-state index in [4.69, 9.17) is 8.22 Å². The molecule has 0 saturated heterocycles. The van der Waals surface area contributed by atoms with Crippen molar-refractivity contribution >= 4 is 16.8 Å². The summed E-state index contributed by atoms with van der Waals surface area (Å²) in [6.45, 7) is -2.77. The van der Waals surface area contributed by atoms with E-state index < -0.39 is 13.7 Å². The van der Waals surface area contributed by atoms with Gasteiger partial charge in [-0.25, -0.2) is 0 Å². The number of benzene rings is 2. The van der Waals surface area contributed by atoms with Crippen molar-refractivity contribution in [3.63, 3.8) is 0 Å². The average Bonchev–Trinajstić information content (AvgIpc) is 3.07. The number of aryl methyl sites for hydroxylation is 3. The normalized spacial score (nSPS) is 16.8. The fourth-order valence-corrected chi connectivity index (χ4v) is 2.90. The summed E-state index contributed by atoms with van der Waals surface area (Å²) >= 11 is 0. The monoisotopic (exact) mass is 297 g/mol. The lowest BCUT2D eigenvalue weighted by Gasteiger charge is -2.07. The van der Waals surface area contributed by atoms with E-state index in [9.17, 15) is 0 Å². The molecule has 22 heavy (non-hydrogen) atoms. The maximum Gasteiger partial charge on any atom is 0.344 e. The lowest BCUT2D eigenvalue weighted by atomic mass is 10.1. The Morgan fingerprint density at radius 1 is 1.14 bits per heavy atom. The lowest BCUT2D eigenvalue weighted by Crippen LogP contribution is -2.40. The third-order valence-electron chi connectivity index (χ3n) is 3.98. The van der Waals surface area contributed by atoms with Gasteiger partial charge < -0.3 is 0 Å². The zero-order chi connectivity index (χ0) is 20.4. The molecule has 0 atom stereocenters. The Kier molecular flexibility index (Phi) is 1.64. The molecule has 2 aromatic carbocycles. The van der Waals surface area contributed by atoms with Crippen molar-refractivity contribution in [2.24, 2.45) is 7.05 Å². The molecule has 0 unspecified atom stereocenters. The molecule has 0 N–H and O–H groups in total. The van der Waals surface area contributed by atoms with E-state index in [1.165, 1.54) is 0 Å². The van der Waals surface area contributed by atoms with E-state index in [1.54, 1.807) is 45.9 Å². The lowest BCUT2D eigenvalue weighted by molar-refractivity contribution is -0.749. The van der Waals surface area contributed by atoms with Crippen LogP contribution in [0.3, 0.4) is 0 Å². The number of nitrogens with zero attached hydrogens (tertiary/aromatic N) is 4. The van der Waals surface area contributed by atoms with Crippen LogP contribution in [0.15, 0.2) is 42.5 Å². The van der Waals surface area contributed by atoms with E-state index in [0.29, 0.717) is 28.1 Å². The number of para-hydroxylation sites is 2. The van der Waals surface area contributed by atoms with Crippen LogP contribution >= 0.6 is 0 Å². The van der Waals surface area contributed by atoms with Gasteiger partial charge in [0.15, 0.2) is 5.52 Å². The number of fused-ring (bicyclic) bond motifs is 3. The summed E-state index contributed by atoms with van der Waals surface area (Å²) in [5.74, 6) is 0.579. The molecule has 0 aliphatic carbocycles. The standard InChI is InChI=1S/C18H19N4/c1-12-9-10-16(13(2)11-12)22-18-19-15-7-5-6-8-17(15)21(18)14(3)20(22)4/h5-11H,1-4H3/q+1/i1D3,3D3. The molecule has 4 heteroatoms. The fourth-order valence-electron chi connectivity index (χ4n) is 2.90. The van der Waals surface area contributed by atoms with Crippen molar-refractivity contribution < 1.29 is 12.9 Å². The van der Waals surface area contributed by atoms with Crippen LogP contribution in [0, 0.1) is 20.6 Å². The first-order valence-corrected chi connectivity index (χ1v) is 7.00. The average molecular weight is 297 g/mol. The van der Waals surface area contributed by atoms with Gasteiger partial charge in [0.2, 0.25) is 0 Å². The molecule has 0 radical (unpaired) electrons. The first kappa shape index (κ1) is 8.13. The van der Waals surface area contributed by atoms with Gasteiger partial charge in [-0.15, -0.1) is 4.68 Å². The Hall–Kier alpha value is -2.62. The molecule has 4 aromatic rings. The van der Waals surface area contributed by atoms with Crippen molar-refractivity contribution in [3.05, 3.63) is 59.4 Å². The van der Waals surface area contributed by atoms with Gasteiger partial charge in [0.05, 0.1) is 5.69 Å². The summed E-state index contributed by atoms with van der Waals surface area (Å²) < 4.78 is 51.8. The summed E-state index contributed by atoms with van der Waals surface area (Å²) in [4.78, 5) is 4.64. The van der Waals surface area contributed by atoms with E-state index in [-0.39, 0.29) is 11.4 Å². The second-order valence-electron chi connectivity index (χ2n) is 5.40. The van der Waals surface area contributed by atoms with Crippen LogP contribution < -0.4 is 4.68 Å². The van der Waals surface area contributed by atoms with Gasteiger partial charge in [-0.3, -0.25) is 0 Å². The molecule has 0 amide bonds. The number of hydrogen-bond donors (Lipinski definition) is 0. The molecule has 0 fully saturated rings. The van der Waals surface area contributed by atoms with Gasteiger partial charge in [0.25, 0.3) is 5.82 Å². The van der Waals surface area contributed by atoms with Crippen molar-refractivity contribution in [3.8, 4) is 5.69 Å². The highest BCUT2D eigenvalue weighted by Crippen LogP contribution is 2.22. The first-order valence-electron chi connectivity index (χ1n) is 10.0. The van der Waals surface area contributed by atoms with E-state index in [0.717, 1.165) is 0 Å². The Balaban J connectivity index is 2.10. The van der Waals surface area contributed by atoms with Gasteiger partial charge in [0, 0.05) is 15.1 Å². The molecule has 4 nitrogen and oxygen atoms in total. The molecular formula is C18H19N4+. The van der Waals surface area contributed by atoms with Crippen LogP contribution in [-0.2, 0) is 7.05 Å². The molecule has 0 bridgehead atoms. The van der Waals surface area contributed by atoms with Crippen LogP contribution in [0.2, 0.25) is 0 Å². The minimum atomic E-state index is -2.37. The van der Waals surface area contributed by atoms with Crippen LogP contribution in [0.4, 0.5) is 0 Å². The summed E-state index contributed by atoms with van der Waals surface area (Å²) in [5, 5.41) is 0. The third-order valence-corrected chi connectivity index (χ3v) is 3.98. The Bertz CT molecular complexity index is 1210. The maximum absolute atomic E-state index is 8.03. The van der Waals surface area contributed by atoms with Crippen molar-refractivity contribution in [1.29, 1.82) is 0 Å². The quantitative estimate of drug-likeness (QED) is 0.496. The zero-order valence-corrected chi connectivity index (χ0v) is 12.3. The van der Waals surface area contributed by atoms with Gasteiger partial charge >= 0.3 is 5.78 Å². The highest BCUT2D eigenvalue weighted by atomic mass is 15.5. The van der Waals surface area contributed by atoms with Crippen molar-refractivity contribution in [2.45, 2.75) is 20.6 Å². The van der Waals surface area contributed by atoms with E-state index in [2.05, 4.69) is 4.98 Å².